The molecule has 2 saturated heterocycles. The third kappa shape index (κ3) is 4.10. The van der Waals surface area contributed by atoms with E-state index in [4.69, 9.17) is 21.1 Å². The number of carbonyl (C=O) groups excluding carboxylic acids is 2. The van der Waals surface area contributed by atoms with Gasteiger partial charge in [-0.1, -0.05) is 11.6 Å². The summed E-state index contributed by atoms with van der Waals surface area (Å²) in [7, 11) is 0. The Kier molecular flexibility index (Phi) is 5.33. The third-order valence-electron chi connectivity index (χ3n) is 4.63. The van der Waals surface area contributed by atoms with Gasteiger partial charge in [0.15, 0.2) is 0 Å². The summed E-state index contributed by atoms with van der Waals surface area (Å²) in [5, 5.41) is 2.90. The predicted octanol–water partition coefficient (Wildman–Crippen LogP) is 3.42. The summed E-state index contributed by atoms with van der Waals surface area (Å²) in [6.45, 7) is 1.79. The molecule has 4 rings (SSSR count). The molecule has 1 aromatic carbocycles. The zero-order chi connectivity index (χ0) is 18.8. The van der Waals surface area contributed by atoms with Crippen molar-refractivity contribution < 1.29 is 19.1 Å². The van der Waals surface area contributed by atoms with E-state index >= 15 is 0 Å². The van der Waals surface area contributed by atoms with E-state index in [1.807, 2.05) is 12.1 Å². The van der Waals surface area contributed by atoms with Crippen molar-refractivity contribution in [2.75, 3.05) is 25.1 Å². The summed E-state index contributed by atoms with van der Waals surface area (Å²) < 4.78 is 11.4. The van der Waals surface area contributed by atoms with Crippen molar-refractivity contribution in [1.82, 2.24) is 4.90 Å². The Morgan fingerprint density at radius 1 is 1.19 bits per heavy atom. The standard InChI is InChI=1S/C19H19ClN2O4S/c20-17-8-7-16(27-17)19(24)22-9-1-2-15(22)18(23)21-12-3-5-13(6-4-12)26-14-10-25-11-14/h3-8,14-15H,1-2,9-11H2,(H,21,23). The maximum Gasteiger partial charge on any atom is 0.264 e. The summed E-state index contributed by atoms with van der Waals surface area (Å²) in [5.74, 6) is 0.425. The summed E-state index contributed by atoms with van der Waals surface area (Å²) in [6, 6.07) is 10.2. The van der Waals surface area contributed by atoms with Crippen LogP contribution >= 0.6 is 22.9 Å². The van der Waals surface area contributed by atoms with E-state index in [0.29, 0.717) is 41.1 Å². The van der Waals surface area contributed by atoms with Crippen LogP contribution in [0.2, 0.25) is 4.34 Å². The Hall–Kier alpha value is -2.09. The Morgan fingerprint density at radius 2 is 1.96 bits per heavy atom. The molecule has 0 radical (unpaired) electrons. The molecule has 2 aromatic rings. The quantitative estimate of drug-likeness (QED) is 0.826. The van der Waals surface area contributed by atoms with Gasteiger partial charge in [0.1, 0.15) is 17.9 Å². The zero-order valence-electron chi connectivity index (χ0n) is 14.5. The molecule has 142 valence electrons. The first-order valence-corrected chi connectivity index (χ1v) is 10.0. The molecule has 8 heteroatoms. The van der Waals surface area contributed by atoms with Gasteiger partial charge >= 0.3 is 0 Å². The van der Waals surface area contributed by atoms with Crippen LogP contribution in [0.3, 0.4) is 0 Å². The molecule has 3 heterocycles. The van der Waals surface area contributed by atoms with E-state index in [9.17, 15) is 9.59 Å². The average Bonchev–Trinajstić information content (AvgIpc) is 3.28. The van der Waals surface area contributed by atoms with Crippen LogP contribution in [0, 0.1) is 0 Å². The lowest BCUT2D eigenvalue weighted by Crippen LogP contribution is -2.42. The smallest absolute Gasteiger partial charge is 0.264 e. The maximum atomic E-state index is 12.7. The predicted molar refractivity (Wildman–Crippen MR) is 104 cm³/mol. The summed E-state index contributed by atoms with van der Waals surface area (Å²) in [4.78, 5) is 27.6. The van der Waals surface area contributed by atoms with Crippen molar-refractivity contribution in [2.45, 2.75) is 25.0 Å². The fourth-order valence-electron chi connectivity index (χ4n) is 3.17. The Labute approximate surface area is 166 Å². The fourth-order valence-corrected chi connectivity index (χ4v) is 4.17. The number of hydrogen-bond donors (Lipinski definition) is 1. The van der Waals surface area contributed by atoms with E-state index in [1.165, 1.54) is 11.3 Å². The molecule has 27 heavy (non-hydrogen) atoms. The Morgan fingerprint density at radius 3 is 2.59 bits per heavy atom. The van der Waals surface area contributed by atoms with Gasteiger partial charge in [-0.25, -0.2) is 0 Å². The van der Waals surface area contributed by atoms with Gasteiger partial charge in [0.2, 0.25) is 5.91 Å². The number of hydrogen-bond acceptors (Lipinski definition) is 5. The lowest BCUT2D eigenvalue weighted by atomic mass is 10.2. The van der Waals surface area contributed by atoms with Crippen molar-refractivity contribution in [3.63, 3.8) is 0 Å². The Balaban J connectivity index is 1.38. The largest absolute Gasteiger partial charge is 0.486 e. The van der Waals surface area contributed by atoms with Gasteiger partial charge in [-0.2, -0.15) is 0 Å². The molecule has 1 N–H and O–H groups in total. The normalized spacial score (nSPS) is 19.6. The van der Waals surface area contributed by atoms with Gasteiger partial charge in [-0.15, -0.1) is 11.3 Å². The SMILES string of the molecule is O=C(Nc1ccc(OC2COC2)cc1)C1CCCN1C(=O)c1ccc(Cl)s1. The molecule has 1 atom stereocenters. The second-order valence-electron chi connectivity index (χ2n) is 6.55. The van der Waals surface area contributed by atoms with Gasteiger partial charge in [-0.05, 0) is 49.2 Å². The number of nitrogens with zero attached hydrogens (tertiary/aromatic N) is 1. The van der Waals surface area contributed by atoms with Crippen LogP contribution in [0.4, 0.5) is 5.69 Å². The van der Waals surface area contributed by atoms with Crippen LogP contribution in [0.25, 0.3) is 0 Å². The van der Waals surface area contributed by atoms with E-state index in [1.54, 1.807) is 29.2 Å². The monoisotopic (exact) mass is 406 g/mol. The number of likely N-dealkylation sites (tertiary alicyclic amines) is 1. The van der Waals surface area contributed by atoms with Crippen LogP contribution in [-0.2, 0) is 9.53 Å². The number of halogens is 1. The summed E-state index contributed by atoms with van der Waals surface area (Å²) in [6.07, 6.45) is 1.56. The van der Waals surface area contributed by atoms with Crippen LogP contribution in [0.15, 0.2) is 36.4 Å². The van der Waals surface area contributed by atoms with Crippen molar-refractivity contribution in [3.05, 3.63) is 45.6 Å². The van der Waals surface area contributed by atoms with Gasteiger partial charge < -0.3 is 19.7 Å². The molecule has 1 aromatic heterocycles. The highest BCUT2D eigenvalue weighted by molar-refractivity contribution is 7.18. The lowest BCUT2D eigenvalue weighted by molar-refractivity contribution is -0.119. The second kappa shape index (κ2) is 7.88. The number of amides is 2. The molecule has 2 fully saturated rings. The topological polar surface area (TPSA) is 67.9 Å². The van der Waals surface area contributed by atoms with Gasteiger partial charge in [-0.3, -0.25) is 9.59 Å². The van der Waals surface area contributed by atoms with Gasteiger partial charge in [0.25, 0.3) is 5.91 Å². The van der Waals surface area contributed by atoms with Gasteiger partial charge in [0.05, 0.1) is 22.4 Å². The van der Waals surface area contributed by atoms with Crippen LogP contribution in [0.5, 0.6) is 5.75 Å². The zero-order valence-corrected chi connectivity index (χ0v) is 16.1. The number of thiophene rings is 1. The van der Waals surface area contributed by atoms with E-state index < -0.39 is 6.04 Å². The molecule has 0 saturated carbocycles. The minimum atomic E-state index is -0.471. The highest BCUT2D eigenvalue weighted by Crippen LogP contribution is 2.27. The molecule has 6 nitrogen and oxygen atoms in total. The number of rotatable bonds is 5. The molecule has 2 aliphatic heterocycles. The van der Waals surface area contributed by atoms with Crippen molar-refractivity contribution >= 4 is 40.4 Å². The molecular formula is C19H19ClN2O4S. The highest BCUT2D eigenvalue weighted by Gasteiger charge is 2.35. The van der Waals surface area contributed by atoms with E-state index in [2.05, 4.69) is 5.32 Å². The minimum Gasteiger partial charge on any atom is -0.486 e. The number of carbonyl (C=O) groups is 2. The molecular weight excluding hydrogens is 388 g/mol. The molecule has 0 aliphatic carbocycles. The second-order valence-corrected chi connectivity index (χ2v) is 8.27. The van der Waals surface area contributed by atoms with Crippen molar-refractivity contribution in [3.8, 4) is 5.75 Å². The molecule has 0 spiro atoms. The van der Waals surface area contributed by atoms with Crippen LogP contribution in [0.1, 0.15) is 22.5 Å². The summed E-state index contributed by atoms with van der Waals surface area (Å²) in [5.41, 5.74) is 0.677. The number of benzene rings is 1. The van der Waals surface area contributed by atoms with Crippen LogP contribution < -0.4 is 10.1 Å². The summed E-state index contributed by atoms with van der Waals surface area (Å²) >= 11 is 7.16. The molecule has 0 bridgehead atoms. The molecule has 1 unspecified atom stereocenters. The maximum absolute atomic E-state index is 12.7. The van der Waals surface area contributed by atoms with Crippen molar-refractivity contribution in [2.24, 2.45) is 0 Å². The first-order chi connectivity index (χ1) is 13.1. The van der Waals surface area contributed by atoms with Crippen LogP contribution in [-0.4, -0.2) is 48.6 Å². The Bertz CT molecular complexity index is 834. The molecule has 2 amide bonds. The highest BCUT2D eigenvalue weighted by atomic mass is 35.5. The number of ether oxygens (including phenoxy) is 2. The lowest BCUT2D eigenvalue weighted by Gasteiger charge is -2.26. The first-order valence-electron chi connectivity index (χ1n) is 8.82. The van der Waals surface area contributed by atoms with Crippen molar-refractivity contribution in [1.29, 1.82) is 0 Å². The fraction of sp³-hybridized carbons (Fsp3) is 0.368. The van der Waals surface area contributed by atoms with E-state index in [-0.39, 0.29) is 17.9 Å². The first kappa shape index (κ1) is 18.3. The number of nitrogens with one attached hydrogen (secondary N) is 1. The average molecular weight is 407 g/mol. The third-order valence-corrected chi connectivity index (χ3v) is 5.85. The molecule has 2 aliphatic rings. The van der Waals surface area contributed by atoms with E-state index in [0.717, 1.165) is 12.2 Å². The minimum absolute atomic E-state index is 0.106. The van der Waals surface area contributed by atoms with Gasteiger partial charge in [0, 0.05) is 12.2 Å². The number of anilines is 1.